The highest BCUT2D eigenvalue weighted by molar-refractivity contribution is 9.10. The largest absolute Gasteiger partial charge is 0.393 e. The van der Waals surface area contributed by atoms with E-state index in [0.717, 1.165) is 10.2 Å². The van der Waals surface area contributed by atoms with Gasteiger partial charge in [-0.05, 0) is 31.2 Å². The fraction of sp³-hybridized carbons (Fsp3) is 0.333. The van der Waals surface area contributed by atoms with Crippen LogP contribution in [0.5, 0.6) is 0 Å². The van der Waals surface area contributed by atoms with E-state index in [0.29, 0.717) is 0 Å². The fourth-order valence-corrected chi connectivity index (χ4v) is 1.77. The van der Waals surface area contributed by atoms with Gasteiger partial charge in [-0.2, -0.15) is 0 Å². The Kier molecular flexibility index (Phi) is 4.12. The zero-order valence-electron chi connectivity index (χ0n) is 6.83. The Morgan fingerprint density at radius 3 is 2.50 bits per heavy atom. The fourth-order valence-electron chi connectivity index (χ4n) is 0.748. The molecular weight excluding hydrogens is 236 g/mol. The highest BCUT2D eigenvalue weighted by atomic mass is 79.9. The number of hydrogen-bond donors (Lipinski definition) is 1. The van der Waals surface area contributed by atoms with Crippen LogP contribution in [0.3, 0.4) is 0 Å². The van der Waals surface area contributed by atoms with Gasteiger partial charge in [0.1, 0.15) is 0 Å². The van der Waals surface area contributed by atoms with Crippen LogP contribution < -0.4 is 0 Å². The number of halogens is 1. The van der Waals surface area contributed by atoms with E-state index in [1.54, 1.807) is 18.7 Å². The summed E-state index contributed by atoms with van der Waals surface area (Å²) in [5, 5.41) is 9.04. The van der Waals surface area contributed by atoms with Crippen LogP contribution in [0.2, 0.25) is 0 Å². The average Bonchev–Trinajstić information content (AvgIpc) is 2.03. The molecule has 0 fully saturated rings. The zero-order valence-corrected chi connectivity index (χ0v) is 9.23. The summed E-state index contributed by atoms with van der Waals surface area (Å²) < 4.78 is 1.09. The van der Waals surface area contributed by atoms with Gasteiger partial charge in [0.25, 0.3) is 0 Å². The van der Waals surface area contributed by atoms with E-state index >= 15 is 0 Å². The molecule has 66 valence electrons. The molecular formula is C9H11BrOS. The summed E-state index contributed by atoms with van der Waals surface area (Å²) in [6.07, 6.45) is -0.237. The number of thioether (sulfide) groups is 1. The van der Waals surface area contributed by atoms with Crippen molar-refractivity contribution in [1.29, 1.82) is 0 Å². The van der Waals surface area contributed by atoms with Crippen LogP contribution in [0.15, 0.2) is 33.6 Å². The van der Waals surface area contributed by atoms with Crippen LogP contribution in [0.25, 0.3) is 0 Å². The minimum atomic E-state index is -0.237. The van der Waals surface area contributed by atoms with Gasteiger partial charge < -0.3 is 5.11 Å². The first-order valence-corrected chi connectivity index (χ1v) is 5.53. The maximum absolute atomic E-state index is 9.04. The van der Waals surface area contributed by atoms with E-state index in [1.807, 2.05) is 24.3 Å². The summed E-state index contributed by atoms with van der Waals surface area (Å²) in [6.45, 7) is 1.80. The van der Waals surface area contributed by atoms with Gasteiger partial charge in [0.15, 0.2) is 0 Å². The van der Waals surface area contributed by atoms with E-state index in [9.17, 15) is 0 Å². The number of rotatable bonds is 3. The van der Waals surface area contributed by atoms with E-state index in [-0.39, 0.29) is 6.10 Å². The Balaban J connectivity index is 2.48. The first-order valence-electron chi connectivity index (χ1n) is 3.75. The van der Waals surface area contributed by atoms with Crippen molar-refractivity contribution in [1.82, 2.24) is 0 Å². The van der Waals surface area contributed by atoms with Crippen LogP contribution in [0, 0.1) is 0 Å². The van der Waals surface area contributed by atoms with Crippen molar-refractivity contribution in [3.63, 3.8) is 0 Å². The molecule has 1 nitrogen and oxygen atoms in total. The Bertz CT molecular complexity index is 233. The number of hydrogen-bond acceptors (Lipinski definition) is 2. The van der Waals surface area contributed by atoms with E-state index < -0.39 is 0 Å². The summed E-state index contributed by atoms with van der Waals surface area (Å²) in [7, 11) is 0. The Hall–Kier alpha value is 0.01000. The standard InChI is InChI=1S/C9H11BrOS/c1-7(11)6-12-9-4-2-8(10)3-5-9/h2-5,7,11H,6H2,1H3/t7-/m0/s1. The molecule has 0 aliphatic rings. The van der Waals surface area contributed by atoms with Crippen molar-refractivity contribution in [2.24, 2.45) is 0 Å². The predicted octanol–water partition coefficient (Wildman–Crippen LogP) is 2.92. The molecule has 12 heavy (non-hydrogen) atoms. The van der Waals surface area contributed by atoms with Gasteiger partial charge in [-0.1, -0.05) is 15.9 Å². The van der Waals surface area contributed by atoms with Crippen LogP contribution in [-0.2, 0) is 0 Å². The van der Waals surface area contributed by atoms with Gasteiger partial charge in [0, 0.05) is 15.1 Å². The van der Waals surface area contributed by atoms with Gasteiger partial charge in [0.05, 0.1) is 6.10 Å². The lowest BCUT2D eigenvalue weighted by Gasteiger charge is -2.03. The lowest BCUT2D eigenvalue weighted by Crippen LogP contribution is -2.01. The number of benzene rings is 1. The van der Waals surface area contributed by atoms with E-state index in [4.69, 9.17) is 5.11 Å². The molecule has 1 aromatic rings. The molecule has 0 saturated heterocycles. The first-order chi connectivity index (χ1) is 5.68. The molecule has 0 aliphatic carbocycles. The topological polar surface area (TPSA) is 20.2 Å². The van der Waals surface area contributed by atoms with Gasteiger partial charge >= 0.3 is 0 Å². The highest BCUT2D eigenvalue weighted by Gasteiger charge is 1.97. The molecule has 0 amide bonds. The van der Waals surface area contributed by atoms with Crippen molar-refractivity contribution >= 4 is 27.7 Å². The molecule has 3 heteroatoms. The van der Waals surface area contributed by atoms with Crippen LogP contribution in [-0.4, -0.2) is 17.0 Å². The van der Waals surface area contributed by atoms with E-state index in [1.165, 1.54) is 4.90 Å². The molecule has 0 aliphatic heterocycles. The summed E-state index contributed by atoms with van der Waals surface area (Å²) in [5.41, 5.74) is 0. The monoisotopic (exact) mass is 246 g/mol. The summed E-state index contributed by atoms with van der Waals surface area (Å²) in [5.74, 6) is 0.752. The second-order valence-electron chi connectivity index (χ2n) is 2.61. The molecule has 0 heterocycles. The molecule has 1 rings (SSSR count). The van der Waals surface area contributed by atoms with Crippen LogP contribution in [0.1, 0.15) is 6.92 Å². The lowest BCUT2D eigenvalue weighted by atomic mass is 10.4. The smallest absolute Gasteiger partial charge is 0.0606 e. The molecule has 0 aromatic heterocycles. The minimum absolute atomic E-state index is 0.237. The molecule has 0 bridgehead atoms. The van der Waals surface area contributed by atoms with Crippen molar-refractivity contribution < 1.29 is 5.11 Å². The Morgan fingerprint density at radius 2 is 2.00 bits per heavy atom. The molecule has 1 aromatic carbocycles. The average molecular weight is 247 g/mol. The summed E-state index contributed by atoms with van der Waals surface area (Å²) in [4.78, 5) is 1.19. The van der Waals surface area contributed by atoms with Crippen LogP contribution >= 0.6 is 27.7 Å². The zero-order chi connectivity index (χ0) is 8.97. The highest BCUT2D eigenvalue weighted by Crippen LogP contribution is 2.20. The molecule has 0 spiro atoms. The lowest BCUT2D eigenvalue weighted by molar-refractivity contribution is 0.220. The number of aliphatic hydroxyl groups excluding tert-OH is 1. The first kappa shape index (κ1) is 10.1. The predicted molar refractivity (Wildman–Crippen MR) is 56.5 cm³/mol. The van der Waals surface area contributed by atoms with Crippen LogP contribution in [0.4, 0.5) is 0 Å². The van der Waals surface area contributed by atoms with Crippen molar-refractivity contribution in [2.45, 2.75) is 17.9 Å². The van der Waals surface area contributed by atoms with Gasteiger partial charge in [-0.25, -0.2) is 0 Å². The summed E-state index contributed by atoms with van der Waals surface area (Å²) >= 11 is 5.03. The molecule has 1 N–H and O–H groups in total. The van der Waals surface area contributed by atoms with Crippen molar-refractivity contribution in [3.8, 4) is 0 Å². The van der Waals surface area contributed by atoms with Crippen molar-refractivity contribution in [2.75, 3.05) is 5.75 Å². The third-order valence-corrected chi connectivity index (χ3v) is 3.09. The van der Waals surface area contributed by atoms with Gasteiger partial charge in [-0.15, -0.1) is 11.8 Å². The Labute approximate surface area is 85.3 Å². The summed E-state index contributed by atoms with van der Waals surface area (Å²) in [6, 6.07) is 8.09. The van der Waals surface area contributed by atoms with Gasteiger partial charge in [0.2, 0.25) is 0 Å². The second-order valence-corrected chi connectivity index (χ2v) is 4.62. The molecule has 1 atom stereocenters. The SMILES string of the molecule is C[C@H](O)CSc1ccc(Br)cc1. The van der Waals surface area contributed by atoms with E-state index in [2.05, 4.69) is 15.9 Å². The Morgan fingerprint density at radius 1 is 1.42 bits per heavy atom. The second kappa shape index (κ2) is 4.90. The maximum Gasteiger partial charge on any atom is 0.0606 e. The third-order valence-electron chi connectivity index (χ3n) is 1.30. The molecule has 0 radical (unpaired) electrons. The van der Waals surface area contributed by atoms with Crippen molar-refractivity contribution in [3.05, 3.63) is 28.7 Å². The third kappa shape index (κ3) is 3.61. The molecule has 0 unspecified atom stereocenters. The molecule has 0 saturated carbocycles. The maximum atomic E-state index is 9.04. The minimum Gasteiger partial charge on any atom is -0.393 e. The normalized spacial score (nSPS) is 12.9. The van der Waals surface area contributed by atoms with Gasteiger partial charge in [-0.3, -0.25) is 0 Å². The quantitative estimate of drug-likeness (QED) is 0.829. The number of aliphatic hydroxyl groups is 1.